The molecular formula is C27H25NO8S. The number of ether oxygens (including phenoxy) is 3. The van der Waals surface area contributed by atoms with E-state index >= 15 is 0 Å². The molecule has 1 aromatic heterocycles. The third kappa shape index (κ3) is 7.11. The van der Waals surface area contributed by atoms with Crippen molar-refractivity contribution in [1.82, 2.24) is 0 Å². The summed E-state index contributed by atoms with van der Waals surface area (Å²) >= 11 is 0.949. The first-order valence-electron chi connectivity index (χ1n) is 11.3. The molecule has 1 N–H and O–H groups in total. The quantitative estimate of drug-likeness (QED) is 0.292. The van der Waals surface area contributed by atoms with Crippen LogP contribution < -0.4 is 10.1 Å². The number of nitrogens with one attached hydrogen (secondary N) is 1. The molecule has 0 aliphatic rings. The van der Waals surface area contributed by atoms with Gasteiger partial charge in [-0.3, -0.25) is 14.4 Å². The molecule has 0 bridgehead atoms. The molecule has 10 heteroatoms. The normalized spacial score (nSPS) is 10.4. The predicted molar refractivity (Wildman–Crippen MR) is 136 cm³/mol. The van der Waals surface area contributed by atoms with Crippen LogP contribution in [0.1, 0.15) is 55.4 Å². The third-order valence-corrected chi connectivity index (χ3v) is 6.38. The summed E-state index contributed by atoms with van der Waals surface area (Å²) in [6, 6.07) is 15.1. The molecule has 0 aliphatic heterocycles. The minimum absolute atomic E-state index is 0.0919. The third-order valence-electron chi connectivity index (χ3n) is 5.07. The fourth-order valence-corrected chi connectivity index (χ4v) is 4.44. The number of thiophene rings is 1. The number of anilines is 1. The molecular weight excluding hydrogens is 498 g/mol. The van der Waals surface area contributed by atoms with Crippen molar-refractivity contribution < 1.29 is 38.2 Å². The maximum atomic E-state index is 12.5. The number of esters is 2. The van der Waals surface area contributed by atoms with Crippen LogP contribution in [0, 0.1) is 6.92 Å². The summed E-state index contributed by atoms with van der Waals surface area (Å²) in [6.07, 6.45) is 0. The Kier molecular flexibility index (Phi) is 9.28. The van der Waals surface area contributed by atoms with Gasteiger partial charge < -0.3 is 19.5 Å². The number of benzene rings is 2. The Bertz CT molecular complexity index is 1310. The molecule has 3 rings (SSSR count). The summed E-state index contributed by atoms with van der Waals surface area (Å²) in [5, 5.41) is 2.64. The fraction of sp³-hybridized carbons (Fsp3) is 0.222. The van der Waals surface area contributed by atoms with E-state index in [4.69, 9.17) is 14.2 Å². The zero-order valence-corrected chi connectivity index (χ0v) is 21.3. The minimum Gasteiger partial charge on any atom is -0.482 e. The molecule has 0 fully saturated rings. The predicted octanol–water partition coefficient (Wildman–Crippen LogP) is 4.23. The van der Waals surface area contributed by atoms with Crippen LogP contribution in [0.2, 0.25) is 0 Å². The lowest BCUT2D eigenvalue weighted by Crippen LogP contribution is -2.24. The number of carbonyl (C=O) groups is 5. The minimum atomic E-state index is -0.794. The van der Waals surface area contributed by atoms with E-state index in [0.717, 1.165) is 11.3 Å². The van der Waals surface area contributed by atoms with Crippen molar-refractivity contribution in [1.29, 1.82) is 0 Å². The molecule has 0 spiro atoms. The summed E-state index contributed by atoms with van der Waals surface area (Å²) in [7, 11) is 0. The van der Waals surface area contributed by atoms with Crippen LogP contribution in [-0.2, 0) is 19.1 Å². The van der Waals surface area contributed by atoms with Gasteiger partial charge in [0.15, 0.2) is 24.8 Å². The van der Waals surface area contributed by atoms with Crippen molar-refractivity contribution in [3.05, 3.63) is 81.7 Å². The highest BCUT2D eigenvalue weighted by molar-refractivity contribution is 7.18. The largest absolute Gasteiger partial charge is 0.482 e. The van der Waals surface area contributed by atoms with Crippen molar-refractivity contribution in [2.45, 2.75) is 20.8 Å². The van der Waals surface area contributed by atoms with E-state index in [0.29, 0.717) is 27.3 Å². The van der Waals surface area contributed by atoms with E-state index in [2.05, 4.69) is 5.32 Å². The number of hydrogen-bond donors (Lipinski definition) is 1. The first kappa shape index (κ1) is 27.3. The Morgan fingerprint density at radius 3 is 2.14 bits per heavy atom. The van der Waals surface area contributed by atoms with Crippen LogP contribution in [0.15, 0.2) is 54.6 Å². The molecule has 37 heavy (non-hydrogen) atoms. The van der Waals surface area contributed by atoms with Crippen molar-refractivity contribution in [2.75, 3.05) is 25.1 Å². The van der Waals surface area contributed by atoms with Crippen LogP contribution in [0.4, 0.5) is 5.00 Å². The highest BCUT2D eigenvalue weighted by Crippen LogP contribution is 2.34. The lowest BCUT2D eigenvalue weighted by molar-refractivity contribution is -0.149. The number of Topliss-reactive ketones (excluding diaryl/α,β-unsaturated/α-hetero) is 1. The lowest BCUT2D eigenvalue weighted by atomic mass is 10.0. The van der Waals surface area contributed by atoms with Gasteiger partial charge in [0.05, 0.1) is 17.0 Å². The number of hydrogen-bond acceptors (Lipinski definition) is 9. The average molecular weight is 524 g/mol. The van der Waals surface area contributed by atoms with Crippen LogP contribution in [0.25, 0.3) is 0 Å². The molecule has 0 unspecified atom stereocenters. The standard InChI is InChI=1S/C27H25NO8S/c1-4-34-27(33)23-16(2)25(17(3)29)37-26(23)28-21(30)14-36-22(31)15-35-20-12-10-19(11-13-20)24(32)18-8-6-5-7-9-18/h5-13H,4,14-15H2,1-3H3,(H,28,30). The molecule has 1 heterocycles. The summed E-state index contributed by atoms with van der Waals surface area (Å²) in [6.45, 7) is 3.64. The van der Waals surface area contributed by atoms with Crippen LogP contribution >= 0.6 is 11.3 Å². The Morgan fingerprint density at radius 1 is 0.865 bits per heavy atom. The molecule has 3 aromatic rings. The van der Waals surface area contributed by atoms with Crippen LogP contribution in [-0.4, -0.2) is 49.2 Å². The first-order chi connectivity index (χ1) is 17.7. The molecule has 0 atom stereocenters. The molecule has 1 amide bonds. The number of rotatable bonds is 11. The van der Waals surface area contributed by atoms with E-state index in [1.54, 1.807) is 62.4 Å². The number of carbonyl (C=O) groups excluding carboxylic acids is 5. The molecule has 192 valence electrons. The van der Waals surface area contributed by atoms with Crippen molar-refractivity contribution >= 4 is 45.8 Å². The topological polar surface area (TPSA) is 125 Å². The van der Waals surface area contributed by atoms with Gasteiger partial charge in [0.25, 0.3) is 5.91 Å². The Labute approximate surface area is 217 Å². The van der Waals surface area contributed by atoms with Gasteiger partial charge in [0, 0.05) is 11.1 Å². The SMILES string of the molecule is CCOC(=O)c1c(NC(=O)COC(=O)COc2ccc(C(=O)c3ccccc3)cc2)sc(C(C)=O)c1C. The Morgan fingerprint density at radius 2 is 1.51 bits per heavy atom. The zero-order chi connectivity index (χ0) is 26.9. The lowest BCUT2D eigenvalue weighted by Gasteiger charge is -2.09. The van der Waals surface area contributed by atoms with Gasteiger partial charge in [-0.05, 0) is 50.6 Å². The van der Waals surface area contributed by atoms with Gasteiger partial charge in [-0.15, -0.1) is 11.3 Å². The van der Waals surface area contributed by atoms with Gasteiger partial charge in [0.2, 0.25) is 0 Å². The van der Waals surface area contributed by atoms with Gasteiger partial charge >= 0.3 is 11.9 Å². The van der Waals surface area contributed by atoms with Gasteiger partial charge in [-0.25, -0.2) is 9.59 Å². The van der Waals surface area contributed by atoms with Crippen molar-refractivity contribution in [2.24, 2.45) is 0 Å². The summed E-state index contributed by atoms with van der Waals surface area (Å²) < 4.78 is 15.3. The average Bonchev–Trinajstić information content (AvgIpc) is 3.22. The second-order valence-electron chi connectivity index (χ2n) is 7.75. The summed E-state index contributed by atoms with van der Waals surface area (Å²) in [4.78, 5) is 61.3. The monoisotopic (exact) mass is 523 g/mol. The smallest absolute Gasteiger partial charge is 0.344 e. The zero-order valence-electron chi connectivity index (χ0n) is 20.5. The highest BCUT2D eigenvalue weighted by atomic mass is 32.1. The molecule has 9 nitrogen and oxygen atoms in total. The van der Waals surface area contributed by atoms with E-state index < -0.39 is 31.1 Å². The van der Waals surface area contributed by atoms with Crippen molar-refractivity contribution in [3.8, 4) is 5.75 Å². The summed E-state index contributed by atoms with van der Waals surface area (Å²) in [5.41, 5.74) is 1.53. The van der Waals surface area contributed by atoms with E-state index in [9.17, 15) is 24.0 Å². The van der Waals surface area contributed by atoms with E-state index in [1.807, 2.05) is 6.07 Å². The van der Waals surface area contributed by atoms with Crippen LogP contribution in [0.3, 0.4) is 0 Å². The van der Waals surface area contributed by atoms with Crippen molar-refractivity contribution in [3.63, 3.8) is 0 Å². The van der Waals surface area contributed by atoms with Gasteiger partial charge in [0.1, 0.15) is 10.8 Å². The molecule has 0 aliphatic carbocycles. The number of ketones is 2. The highest BCUT2D eigenvalue weighted by Gasteiger charge is 2.25. The van der Waals surface area contributed by atoms with E-state index in [1.165, 1.54) is 6.92 Å². The Hall–Kier alpha value is -4.31. The van der Waals surface area contributed by atoms with E-state index in [-0.39, 0.29) is 28.7 Å². The maximum Gasteiger partial charge on any atom is 0.344 e. The second-order valence-corrected chi connectivity index (χ2v) is 8.77. The molecule has 0 saturated carbocycles. The molecule has 0 saturated heterocycles. The maximum absolute atomic E-state index is 12.5. The number of amides is 1. The van der Waals surface area contributed by atoms with Gasteiger partial charge in [-0.1, -0.05) is 30.3 Å². The first-order valence-corrected chi connectivity index (χ1v) is 12.1. The summed E-state index contributed by atoms with van der Waals surface area (Å²) in [5.74, 6) is -2.21. The molecule has 0 radical (unpaired) electrons. The van der Waals surface area contributed by atoms with Crippen LogP contribution in [0.5, 0.6) is 5.75 Å². The second kappa shape index (κ2) is 12.6. The molecule has 2 aromatic carbocycles. The van der Waals surface area contributed by atoms with Gasteiger partial charge in [-0.2, -0.15) is 0 Å². The fourth-order valence-electron chi connectivity index (χ4n) is 3.34. The Balaban J connectivity index is 1.52.